The van der Waals surface area contributed by atoms with Gasteiger partial charge in [-0.05, 0) is 36.2 Å². The molecule has 0 fully saturated rings. The van der Waals surface area contributed by atoms with E-state index in [1.807, 2.05) is 12.1 Å². The zero-order valence-corrected chi connectivity index (χ0v) is 19.6. The van der Waals surface area contributed by atoms with Gasteiger partial charge in [-0.1, -0.05) is 40.9 Å². The molecule has 0 atom stereocenters. The number of sulfonamides is 1. The normalized spacial score (nSPS) is 11.1. The average Bonchev–Trinajstić information content (AvgIpc) is 2.68. The van der Waals surface area contributed by atoms with Crippen molar-refractivity contribution in [2.75, 3.05) is 37.9 Å². The average molecular weight is 496 g/mol. The first-order valence-corrected chi connectivity index (χ1v) is 11.6. The number of halogens is 3. The maximum Gasteiger partial charge on any atom is 0.240 e. The number of anilines is 1. The lowest BCUT2D eigenvalue weighted by Crippen LogP contribution is -2.41. The molecule has 0 bridgehead atoms. The van der Waals surface area contributed by atoms with Crippen molar-refractivity contribution in [2.45, 2.75) is 6.42 Å². The van der Waals surface area contributed by atoms with Gasteiger partial charge < -0.3 is 14.8 Å². The van der Waals surface area contributed by atoms with Crippen molar-refractivity contribution < 1.29 is 22.7 Å². The molecule has 0 unspecified atom stereocenters. The summed E-state index contributed by atoms with van der Waals surface area (Å²) in [6.45, 7) is -0.163. The van der Waals surface area contributed by atoms with E-state index in [1.165, 1.54) is 19.2 Å². The summed E-state index contributed by atoms with van der Waals surface area (Å²) in [5.41, 5.74) is 0.990. The first-order valence-electron chi connectivity index (χ1n) is 8.66. The fourth-order valence-corrected chi connectivity index (χ4v) is 4.21. The fourth-order valence-electron chi connectivity index (χ4n) is 2.65. The van der Waals surface area contributed by atoms with Crippen LogP contribution in [0.5, 0.6) is 11.5 Å². The smallest absolute Gasteiger partial charge is 0.240 e. The lowest BCUT2D eigenvalue weighted by atomic mass is 10.1. The Bertz CT molecular complexity index is 1030. The van der Waals surface area contributed by atoms with Gasteiger partial charge in [-0.3, -0.25) is 9.10 Å². The standard InChI is InChI=1S/C19H21Cl3N2O5S/c1-28-17-5-4-12(8-18(17)29-2)6-7-23-19(25)11-24(30(3,26)27)16-10-14(21)13(20)9-15(16)22/h4-5,8-10H,6-7,11H2,1-3H3,(H,23,25). The van der Waals surface area contributed by atoms with E-state index in [9.17, 15) is 13.2 Å². The quantitative estimate of drug-likeness (QED) is 0.535. The SMILES string of the molecule is COc1ccc(CCNC(=O)CN(c2cc(Cl)c(Cl)cc2Cl)S(C)(=O)=O)cc1OC. The highest BCUT2D eigenvalue weighted by Crippen LogP contribution is 2.35. The van der Waals surface area contributed by atoms with Crippen LogP contribution in [-0.2, 0) is 21.2 Å². The molecule has 0 spiro atoms. The highest BCUT2D eigenvalue weighted by Gasteiger charge is 2.24. The van der Waals surface area contributed by atoms with Crippen molar-refractivity contribution in [3.05, 3.63) is 51.0 Å². The first-order chi connectivity index (χ1) is 14.1. The highest BCUT2D eigenvalue weighted by atomic mass is 35.5. The molecule has 164 valence electrons. The first kappa shape index (κ1) is 24.4. The molecule has 30 heavy (non-hydrogen) atoms. The summed E-state index contributed by atoms with van der Waals surface area (Å²) in [5.74, 6) is 0.689. The number of carbonyl (C=O) groups excluding carboxylic acids is 1. The molecule has 0 aliphatic carbocycles. The monoisotopic (exact) mass is 494 g/mol. The van der Waals surface area contributed by atoms with Gasteiger partial charge in [-0.25, -0.2) is 8.42 Å². The van der Waals surface area contributed by atoms with E-state index in [0.29, 0.717) is 24.5 Å². The van der Waals surface area contributed by atoms with E-state index >= 15 is 0 Å². The van der Waals surface area contributed by atoms with Crippen molar-refractivity contribution in [3.63, 3.8) is 0 Å². The number of carbonyl (C=O) groups is 1. The molecule has 11 heteroatoms. The van der Waals surface area contributed by atoms with Gasteiger partial charge >= 0.3 is 0 Å². The van der Waals surface area contributed by atoms with Gasteiger partial charge in [0.25, 0.3) is 0 Å². The predicted molar refractivity (Wildman–Crippen MR) is 120 cm³/mol. The molecule has 1 amide bonds. The highest BCUT2D eigenvalue weighted by molar-refractivity contribution is 7.92. The lowest BCUT2D eigenvalue weighted by Gasteiger charge is -2.23. The summed E-state index contributed by atoms with van der Waals surface area (Å²) in [6, 6.07) is 8.07. The number of rotatable bonds is 9. The zero-order valence-electron chi connectivity index (χ0n) is 16.5. The number of nitrogens with zero attached hydrogens (tertiary/aromatic N) is 1. The second kappa shape index (κ2) is 10.4. The number of benzene rings is 2. The number of hydrogen-bond acceptors (Lipinski definition) is 5. The minimum Gasteiger partial charge on any atom is -0.493 e. The number of ether oxygens (including phenoxy) is 2. The summed E-state index contributed by atoms with van der Waals surface area (Å²) in [4.78, 5) is 12.4. The van der Waals surface area contributed by atoms with Crippen LogP contribution in [-0.4, -0.2) is 47.9 Å². The topological polar surface area (TPSA) is 84.9 Å². The summed E-state index contributed by atoms with van der Waals surface area (Å²) in [5, 5.41) is 3.06. The molecular weight excluding hydrogens is 475 g/mol. The Hall–Kier alpha value is -1.87. The van der Waals surface area contributed by atoms with Gasteiger partial charge in [0.15, 0.2) is 11.5 Å². The molecule has 2 aromatic rings. The number of amides is 1. The molecule has 1 N–H and O–H groups in total. The van der Waals surface area contributed by atoms with E-state index in [-0.39, 0.29) is 20.8 Å². The van der Waals surface area contributed by atoms with E-state index in [0.717, 1.165) is 16.1 Å². The van der Waals surface area contributed by atoms with Crippen molar-refractivity contribution >= 4 is 56.4 Å². The van der Waals surface area contributed by atoms with Crippen LogP contribution in [0.4, 0.5) is 5.69 Å². The maximum absolute atomic E-state index is 12.4. The molecule has 0 aliphatic rings. The van der Waals surface area contributed by atoms with Crippen LogP contribution < -0.4 is 19.1 Å². The van der Waals surface area contributed by atoms with Crippen LogP contribution in [0.1, 0.15) is 5.56 Å². The molecule has 0 saturated carbocycles. The molecule has 0 heterocycles. The lowest BCUT2D eigenvalue weighted by molar-refractivity contribution is -0.119. The molecule has 0 aliphatic heterocycles. The second-order valence-electron chi connectivity index (χ2n) is 6.28. The van der Waals surface area contributed by atoms with Gasteiger partial charge in [0.1, 0.15) is 6.54 Å². The van der Waals surface area contributed by atoms with Gasteiger partial charge in [-0.15, -0.1) is 0 Å². The van der Waals surface area contributed by atoms with Gasteiger partial charge in [-0.2, -0.15) is 0 Å². The van der Waals surface area contributed by atoms with Gasteiger partial charge in [0.2, 0.25) is 15.9 Å². The Morgan fingerprint density at radius 3 is 2.23 bits per heavy atom. The third kappa shape index (κ3) is 6.31. The van der Waals surface area contributed by atoms with Crippen LogP contribution in [0, 0.1) is 0 Å². The third-order valence-electron chi connectivity index (χ3n) is 4.13. The maximum atomic E-state index is 12.4. The predicted octanol–water partition coefficient (Wildman–Crippen LogP) is 3.79. The number of nitrogens with one attached hydrogen (secondary N) is 1. The van der Waals surface area contributed by atoms with E-state index < -0.39 is 22.5 Å². The van der Waals surface area contributed by atoms with Crippen molar-refractivity contribution in [3.8, 4) is 11.5 Å². The van der Waals surface area contributed by atoms with Crippen LogP contribution in [0.2, 0.25) is 15.1 Å². The van der Waals surface area contributed by atoms with Crippen LogP contribution >= 0.6 is 34.8 Å². The molecule has 2 aromatic carbocycles. The van der Waals surface area contributed by atoms with E-state index in [1.54, 1.807) is 13.2 Å². The van der Waals surface area contributed by atoms with Crippen molar-refractivity contribution in [2.24, 2.45) is 0 Å². The Morgan fingerprint density at radius 2 is 1.63 bits per heavy atom. The van der Waals surface area contributed by atoms with Crippen LogP contribution in [0.25, 0.3) is 0 Å². The Labute approximate surface area is 190 Å². The second-order valence-corrected chi connectivity index (χ2v) is 9.41. The molecule has 0 radical (unpaired) electrons. The van der Waals surface area contributed by atoms with E-state index in [4.69, 9.17) is 44.3 Å². The Morgan fingerprint density at radius 1 is 1.00 bits per heavy atom. The van der Waals surface area contributed by atoms with Crippen LogP contribution in [0.15, 0.2) is 30.3 Å². The largest absolute Gasteiger partial charge is 0.493 e. The fraction of sp³-hybridized carbons (Fsp3) is 0.316. The Kier molecular flexibility index (Phi) is 8.49. The summed E-state index contributed by atoms with van der Waals surface area (Å²) in [7, 11) is -0.717. The van der Waals surface area contributed by atoms with Crippen molar-refractivity contribution in [1.29, 1.82) is 0 Å². The van der Waals surface area contributed by atoms with Gasteiger partial charge in [0, 0.05) is 6.54 Å². The molecule has 0 aromatic heterocycles. The minimum atomic E-state index is -3.80. The summed E-state index contributed by atoms with van der Waals surface area (Å²) >= 11 is 18.0. The minimum absolute atomic E-state index is 0.0629. The molecule has 2 rings (SSSR count). The van der Waals surface area contributed by atoms with E-state index in [2.05, 4.69) is 5.32 Å². The molecular formula is C19H21Cl3N2O5S. The van der Waals surface area contributed by atoms with Crippen molar-refractivity contribution in [1.82, 2.24) is 5.32 Å². The third-order valence-corrected chi connectivity index (χ3v) is 6.28. The van der Waals surface area contributed by atoms with Crippen LogP contribution in [0.3, 0.4) is 0 Å². The number of methoxy groups -OCH3 is 2. The molecule has 7 nitrogen and oxygen atoms in total. The summed E-state index contributed by atoms with van der Waals surface area (Å²) in [6.07, 6.45) is 1.49. The Balaban J connectivity index is 2.07. The molecule has 0 saturated heterocycles. The number of hydrogen-bond donors (Lipinski definition) is 1. The van der Waals surface area contributed by atoms with Gasteiger partial charge in [0.05, 0.1) is 41.2 Å². The summed E-state index contributed by atoms with van der Waals surface area (Å²) < 4.78 is 35.8. The zero-order chi connectivity index (χ0) is 22.5.